The van der Waals surface area contributed by atoms with Crippen LogP contribution in [0.2, 0.25) is 5.02 Å². The van der Waals surface area contributed by atoms with Crippen LogP contribution in [0.5, 0.6) is 0 Å². The lowest BCUT2D eigenvalue weighted by Crippen LogP contribution is -2.24. The fraction of sp³-hybridized carbons (Fsp3) is 0.188. The maximum Gasteiger partial charge on any atom is 0.237 e. The van der Waals surface area contributed by atoms with Gasteiger partial charge in [-0.1, -0.05) is 18.5 Å². The largest absolute Gasteiger partial charge is 0.399 e. The Morgan fingerprint density at radius 1 is 1.19 bits per heavy atom. The van der Waals surface area contributed by atoms with Crippen LogP contribution in [0.15, 0.2) is 53.4 Å². The van der Waals surface area contributed by atoms with Crippen molar-refractivity contribution >= 4 is 40.6 Å². The predicted octanol–water partition coefficient (Wildman–Crippen LogP) is 4.43. The van der Waals surface area contributed by atoms with Gasteiger partial charge in [-0.15, -0.1) is 11.8 Å². The number of benzene rings is 2. The van der Waals surface area contributed by atoms with Gasteiger partial charge in [-0.3, -0.25) is 4.79 Å². The molecule has 2 aromatic rings. The third-order valence-corrected chi connectivity index (χ3v) is 4.56. The maximum absolute atomic E-state index is 12.3. The van der Waals surface area contributed by atoms with E-state index in [9.17, 15) is 4.79 Å². The van der Waals surface area contributed by atoms with Crippen molar-refractivity contribution in [1.29, 1.82) is 0 Å². The van der Waals surface area contributed by atoms with Crippen molar-refractivity contribution in [3.8, 4) is 0 Å². The van der Waals surface area contributed by atoms with Crippen LogP contribution in [0.1, 0.15) is 13.3 Å². The number of rotatable bonds is 5. The van der Waals surface area contributed by atoms with E-state index in [1.54, 1.807) is 24.3 Å². The van der Waals surface area contributed by atoms with E-state index in [-0.39, 0.29) is 11.2 Å². The van der Waals surface area contributed by atoms with Gasteiger partial charge < -0.3 is 11.1 Å². The molecule has 1 atom stereocenters. The van der Waals surface area contributed by atoms with E-state index in [4.69, 9.17) is 17.3 Å². The molecule has 3 nitrogen and oxygen atoms in total. The van der Waals surface area contributed by atoms with Gasteiger partial charge in [-0.2, -0.15) is 0 Å². The summed E-state index contributed by atoms with van der Waals surface area (Å²) in [5.74, 6) is -0.0124. The van der Waals surface area contributed by atoms with Crippen LogP contribution in [0, 0.1) is 0 Å². The van der Waals surface area contributed by atoms with Crippen LogP contribution in [0.3, 0.4) is 0 Å². The fourth-order valence-electron chi connectivity index (χ4n) is 1.79. The molecule has 0 saturated heterocycles. The first-order valence-corrected chi connectivity index (χ1v) is 7.93. The van der Waals surface area contributed by atoms with Gasteiger partial charge in [0, 0.05) is 21.3 Å². The van der Waals surface area contributed by atoms with E-state index < -0.39 is 0 Å². The van der Waals surface area contributed by atoms with Crippen LogP contribution in [-0.2, 0) is 4.79 Å². The zero-order chi connectivity index (χ0) is 15.2. The van der Waals surface area contributed by atoms with Gasteiger partial charge in [-0.05, 0) is 55.0 Å². The molecule has 2 aromatic carbocycles. The fourth-order valence-corrected chi connectivity index (χ4v) is 2.87. The highest BCUT2D eigenvalue weighted by Crippen LogP contribution is 2.27. The average molecular weight is 321 g/mol. The number of thioether (sulfide) groups is 1. The molecule has 0 bridgehead atoms. The van der Waals surface area contributed by atoms with Crippen molar-refractivity contribution in [2.24, 2.45) is 0 Å². The molecule has 21 heavy (non-hydrogen) atoms. The summed E-state index contributed by atoms with van der Waals surface area (Å²) in [5.41, 5.74) is 7.14. The molecule has 1 unspecified atom stereocenters. The zero-order valence-electron chi connectivity index (χ0n) is 11.7. The molecule has 0 fully saturated rings. The summed E-state index contributed by atoms with van der Waals surface area (Å²) in [7, 11) is 0. The van der Waals surface area contributed by atoms with Crippen LogP contribution in [0.4, 0.5) is 11.4 Å². The summed E-state index contributed by atoms with van der Waals surface area (Å²) < 4.78 is 0. The number of nitrogens with two attached hydrogens (primary N) is 1. The normalized spacial score (nSPS) is 11.9. The number of hydrogen-bond acceptors (Lipinski definition) is 3. The monoisotopic (exact) mass is 320 g/mol. The van der Waals surface area contributed by atoms with Crippen molar-refractivity contribution in [1.82, 2.24) is 0 Å². The summed E-state index contributed by atoms with van der Waals surface area (Å²) >= 11 is 7.37. The predicted molar refractivity (Wildman–Crippen MR) is 90.9 cm³/mol. The number of hydrogen-bond donors (Lipinski definition) is 2. The standard InChI is InChI=1S/C16H17ClN2OS/c1-2-15(21-14-9-5-12(18)6-10-14)16(20)19-13-7-3-11(17)4-8-13/h3-10,15H,2,18H2,1H3,(H,19,20). The second-order valence-electron chi connectivity index (χ2n) is 4.58. The highest BCUT2D eigenvalue weighted by Gasteiger charge is 2.18. The lowest BCUT2D eigenvalue weighted by molar-refractivity contribution is -0.115. The Bertz CT molecular complexity index is 599. The minimum Gasteiger partial charge on any atom is -0.399 e. The van der Waals surface area contributed by atoms with E-state index in [2.05, 4.69) is 5.32 Å². The smallest absolute Gasteiger partial charge is 0.237 e. The molecule has 0 aliphatic carbocycles. The minimum absolute atomic E-state index is 0.0124. The van der Waals surface area contributed by atoms with E-state index >= 15 is 0 Å². The first-order valence-electron chi connectivity index (χ1n) is 6.67. The van der Waals surface area contributed by atoms with Crippen molar-refractivity contribution in [2.45, 2.75) is 23.5 Å². The number of nitrogen functional groups attached to an aromatic ring is 1. The van der Waals surface area contributed by atoms with Gasteiger partial charge in [0.25, 0.3) is 0 Å². The first-order chi connectivity index (χ1) is 10.1. The Hall–Kier alpha value is -1.65. The molecule has 1 amide bonds. The summed E-state index contributed by atoms with van der Waals surface area (Å²) in [6.07, 6.45) is 0.745. The topological polar surface area (TPSA) is 55.1 Å². The van der Waals surface area contributed by atoms with Crippen molar-refractivity contribution in [2.75, 3.05) is 11.1 Å². The van der Waals surface area contributed by atoms with Crippen LogP contribution < -0.4 is 11.1 Å². The Morgan fingerprint density at radius 3 is 2.38 bits per heavy atom. The highest BCUT2D eigenvalue weighted by molar-refractivity contribution is 8.00. The summed E-state index contributed by atoms with van der Waals surface area (Å²) in [6.45, 7) is 2.00. The van der Waals surface area contributed by atoms with Crippen molar-refractivity contribution < 1.29 is 4.79 Å². The van der Waals surface area contributed by atoms with E-state index in [0.717, 1.165) is 22.7 Å². The molecule has 0 radical (unpaired) electrons. The third kappa shape index (κ3) is 4.69. The molecular weight excluding hydrogens is 304 g/mol. The van der Waals surface area contributed by atoms with Gasteiger partial charge in [0.05, 0.1) is 5.25 Å². The lowest BCUT2D eigenvalue weighted by atomic mass is 10.3. The summed E-state index contributed by atoms with van der Waals surface area (Å²) in [5, 5.41) is 3.41. The second-order valence-corrected chi connectivity index (χ2v) is 6.29. The van der Waals surface area contributed by atoms with E-state index in [1.165, 1.54) is 11.8 Å². The molecule has 5 heteroatoms. The Balaban J connectivity index is 2.01. The van der Waals surface area contributed by atoms with Gasteiger partial charge in [0.15, 0.2) is 0 Å². The number of carbonyl (C=O) groups excluding carboxylic acids is 1. The van der Waals surface area contributed by atoms with Gasteiger partial charge in [0.2, 0.25) is 5.91 Å². The van der Waals surface area contributed by atoms with Gasteiger partial charge in [-0.25, -0.2) is 0 Å². The number of amides is 1. The molecule has 0 aliphatic heterocycles. The Labute approximate surface area is 133 Å². The molecular formula is C16H17ClN2OS. The second kappa shape index (κ2) is 7.38. The van der Waals surface area contributed by atoms with Crippen LogP contribution in [-0.4, -0.2) is 11.2 Å². The molecule has 0 saturated carbocycles. The summed E-state index contributed by atoms with van der Waals surface area (Å²) in [4.78, 5) is 13.3. The zero-order valence-corrected chi connectivity index (χ0v) is 13.2. The molecule has 0 aliphatic rings. The molecule has 3 N–H and O–H groups in total. The van der Waals surface area contributed by atoms with E-state index in [0.29, 0.717) is 5.02 Å². The quantitative estimate of drug-likeness (QED) is 0.633. The number of nitrogens with one attached hydrogen (secondary N) is 1. The number of anilines is 2. The lowest BCUT2D eigenvalue weighted by Gasteiger charge is -2.15. The molecule has 0 heterocycles. The van der Waals surface area contributed by atoms with Gasteiger partial charge >= 0.3 is 0 Å². The number of carbonyl (C=O) groups is 1. The van der Waals surface area contributed by atoms with Gasteiger partial charge in [0.1, 0.15) is 0 Å². The SMILES string of the molecule is CCC(Sc1ccc(N)cc1)C(=O)Nc1ccc(Cl)cc1. The van der Waals surface area contributed by atoms with E-state index in [1.807, 2.05) is 31.2 Å². The third-order valence-electron chi connectivity index (χ3n) is 2.93. The van der Waals surface area contributed by atoms with Crippen LogP contribution >= 0.6 is 23.4 Å². The molecule has 110 valence electrons. The summed E-state index contributed by atoms with van der Waals surface area (Å²) in [6, 6.07) is 14.6. The minimum atomic E-state index is -0.149. The van der Waals surface area contributed by atoms with Crippen molar-refractivity contribution in [3.63, 3.8) is 0 Å². The molecule has 2 rings (SSSR count). The Morgan fingerprint density at radius 2 is 1.81 bits per heavy atom. The molecule has 0 spiro atoms. The van der Waals surface area contributed by atoms with Crippen molar-refractivity contribution in [3.05, 3.63) is 53.6 Å². The van der Waals surface area contributed by atoms with Crippen LogP contribution in [0.25, 0.3) is 0 Å². The molecule has 0 aromatic heterocycles. The average Bonchev–Trinajstić information content (AvgIpc) is 2.49. The number of halogens is 1. The Kier molecular flexibility index (Phi) is 5.53. The highest BCUT2D eigenvalue weighted by atomic mass is 35.5. The maximum atomic E-state index is 12.3. The first kappa shape index (κ1) is 15.7.